The first-order valence-electron chi connectivity index (χ1n) is 7.84. The van der Waals surface area contributed by atoms with Gasteiger partial charge in [-0.15, -0.1) is 0 Å². The fourth-order valence-corrected chi connectivity index (χ4v) is 3.44. The van der Waals surface area contributed by atoms with Crippen LogP contribution in [-0.2, 0) is 9.59 Å². The molecule has 1 saturated carbocycles. The van der Waals surface area contributed by atoms with Gasteiger partial charge in [0.25, 0.3) is 0 Å². The Hall–Kier alpha value is -1.36. The second kappa shape index (κ2) is 6.41. The zero-order valence-electron chi connectivity index (χ0n) is 12.8. The van der Waals surface area contributed by atoms with Gasteiger partial charge in [-0.3, -0.25) is 9.59 Å². The standard InChI is InChI=1S/C17H21BrN2O2/c1-19(11-16(21)20-8-2-3-9-20)17(22)15-10-14(15)12-4-6-13(18)7-5-12/h4-7,14-15H,2-3,8-11H2,1H3/t14-,15-/m1/s1. The molecule has 3 rings (SSSR count). The molecule has 2 aliphatic rings. The Morgan fingerprint density at radius 1 is 1.23 bits per heavy atom. The number of nitrogens with zero attached hydrogens (tertiary/aromatic N) is 2. The fraction of sp³-hybridized carbons (Fsp3) is 0.529. The predicted octanol–water partition coefficient (Wildman–Crippen LogP) is 2.63. The summed E-state index contributed by atoms with van der Waals surface area (Å²) >= 11 is 3.42. The lowest BCUT2D eigenvalue weighted by molar-refractivity contribution is -0.139. The van der Waals surface area contributed by atoms with Crippen molar-refractivity contribution in [3.63, 3.8) is 0 Å². The molecule has 2 amide bonds. The normalized spacial score (nSPS) is 23.5. The van der Waals surface area contributed by atoms with Gasteiger partial charge in [0.2, 0.25) is 11.8 Å². The highest BCUT2D eigenvalue weighted by Gasteiger charge is 2.45. The summed E-state index contributed by atoms with van der Waals surface area (Å²) in [7, 11) is 1.74. The second-order valence-electron chi connectivity index (χ2n) is 6.28. The number of hydrogen-bond acceptors (Lipinski definition) is 2. The van der Waals surface area contributed by atoms with E-state index in [0.29, 0.717) is 5.92 Å². The molecule has 1 aromatic rings. The van der Waals surface area contributed by atoms with Crippen LogP contribution in [0.5, 0.6) is 0 Å². The zero-order valence-corrected chi connectivity index (χ0v) is 14.4. The minimum Gasteiger partial charge on any atom is -0.341 e. The van der Waals surface area contributed by atoms with E-state index in [1.54, 1.807) is 11.9 Å². The maximum atomic E-state index is 12.5. The third-order valence-corrected chi connectivity index (χ3v) is 5.14. The van der Waals surface area contributed by atoms with E-state index < -0.39 is 0 Å². The quantitative estimate of drug-likeness (QED) is 0.823. The van der Waals surface area contributed by atoms with Gasteiger partial charge in [0, 0.05) is 30.5 Å². The SMILES string of the molecule is CN(CC(=O)N1CCCC1)C(=O)[C@@H]1C[C@@H]1c1ccc(Br)cc1. The van der Waals surface area contributed by atoms with E-state index in [4.69, 9.17) is 0 Å². The van der Waals surface area contributed by atoms with Crippen LogP contribution in [0, 0.1) is 5.92 Å². The maximum Gasteiger partial charge on any atom is 0.242 e. The molecule has 0 spiro atoms. The van der Waals surface area contributed by atoms with Crippen molar-refractivity contribution in [2.75, 3.05) is 26.7 Å². The molecule has 22 heavy (non-hydrogen) atoms. The number of carbonyl (C=O) groups excluding carboxylic acids is 2. The smallest absolute Gasteiger partial charge is 0.242 e. The monoisotopic (exact) mass is 364 g/mol. The number of carbonyl (C=O) groups is 2. The molecule has 2 fully saturated rings. The van der Waals surface area contributed by atoms with E-state index in [-0.39, 0.29) is 24.3 Å². The number of hydrogen-bond donors (Lipinski definition) is 0. The lowest BCUT2D eigenvalue weighted by atomic mass is 10.1. The lowest BCUT2D eigenvalue weighted by Gasteiger charge is -2.21. The summed E-state index contributed by atoms with van der Waals surface area (Å²) in [6.45, 7) is 1.89. The highest BCUT2D eigenvalue weighted by molar-refractivity contribution is 9.10. The van der Waals surface area contributed by atoms with Gasteiger partial charge in [-0.2, -0.15) is 0 Å². The molecule has 0 N–H and O–H groups in total. The van der Waals surface area contributed by atoms with E-state index in [9.17, 15) is 9.59 Å². The minimum absolute atomic E-state index is 0.0394. The third-order valence-electron chi connectivity index (χ3n) is 4.61. The number of halogens is 1. The number of benzene rings is 1. The van der Waals surface area contributed by atoms with Crippen molar-refractivity contribution in [1.82, 2.24) is 9.80 Å². The molecular weight excluding hydrogens is 344 g/mol. The molecule has 1 aliphatic carbocycles. The Balaban J connectivity index is 1.53. The van der Waals surface area contributed by atoms with Gasteiger partial charge in [-0.25, -0.2) is 0 Å². The zero-order chi connectivity index (χ0) is 15.7. The Morgan fingerprint density at radius 2 is 1.86 bits per heavy atom. The topological polar surface area (TPSA) is 40.6 Å². The van der Waals surface area contributed by atoms with E-state index in [1.165, 1.54) is 5.56 Å². The first-order valence-corrected chi connectivity index (χ1v) is 8.64. The van der Waals surface area contributed by atoms with Crippen molar-refractivity contribution in [2.45, 2.75) is 25.2 Å². The van der Waals surface area contributed by atoms with Crippen LogP contribution in [0.15, 0.2) is 28.7 Å². The fourth-order valence-electron chi connectivity index (χ4n) is 3.18. The summed E-state index contributed by atoms with van der Waals surface area (Å²) in [6, 6.07) is 8.15. The van der Waals surface area contributed by atoms with Gasteiger partial charge >= 0.3 is 0 Å². The molecule has 0 radical (unpaired) electrons. The Morgan fingerprint density at radius 3 is 2.50 bits per heavy atom. The van der Waals surface area contributed by atoms with Crippen molar-refractivity contribution >= 4 is 27.7 Å². The van der Waals surface area contributed by atoms with E-state index in [0.717, 1.165) is 36.8 Å². The van der Waals surface area contributed by atoms with Gasteiger partial charge < -0.3 is 9.80 Å². The summed E-state index contributed by atoms with van der Waals surface area (Å²) in [5.41, 5.74) is 1.21. The number of likely N-dealkylation sites (tertiary alicyclic amines) is 1. The van der Waals surface area contributed by atoms with Gasteiger partial charge in [0.1, 0.15) is 0 Å². The number of rotatable bonds is 4. The van der Waals surface area contributed by atoms with Crippen LogP contribution in [0.25, 0.3) is 0 Å². The summed E-state index contributed by atoms with van der Waals surface area (Å²) < 4.78 is 1.05. The molecule has 1 saturated heterocycles. The van der Waals surface area contributed by atoms with E-state index in [1.807, 2.05) is 17.0 Å². The Kier molecular flexibility index (Phi) is 4.52. The minimum atomic E-state index is 0.0394. The van der Waals surface area contributed by atoms with E-state index in [2.05, 4.69) is 28.1 Å². The molecule has 5 heteroatoms. The first-order chi connectivity index (χ1) is 10.6. The van der Waals surface area contributed by atoms with Crippen molar-refractivity contribution in [2.24, 2.45) is 5.92 Å². The predicted molar refractivity (Wildman–Crippen MR) is 88.4 cm³/mol. The van der Waals surface area contributed by atoms with Gasteiger partial charge in [0.05, 0.1) is 6.54 Å². The molecule has 0 unspecified atom stereocenters. The molecule has 1 heterocycles. The van der Waals surface area contributed by atoms with Crippen LogP contribution in [0.3, 0.4) is 0 Å². The summed E-state index contributed by atoms with van der Waals surface area (Å²) in [5.74, 6) is 0.525. The largest absolute Gasteiger partial charge is 0.341 e. The van der Waals surface area contributed by atoms with E-state index >= 15 is 0 Å². The molecule has 1 aromatic carbocycles. The van der Waals surface area contributed by atoms with Gasteiger partial charge in [-0.1, -0.05) is 28.1 Å². The molecule has 0 bridgehead atoms. The van der Waals surface area contributed by atoms with Gasteiger partial charge in [0.15, 0.2) is 0 Å². The van der Waals surface area contributed by atoms with Crippen LogP contribution in [-0.4, -0.2) is 48.3 Å². The third kappa shape index (κ3) is 3.35. The van der Waals surface area contributed by atoms with Crippen molar-refractivity contribution in [1.29, 1.82) is 0 Å². The average Bonchev–Trinajstić information content (AvgIpc) is 3.10. The number of likely N-dealkylation sites (N-methyl/N-ethyl adjacent to an activating group) is 1. The van der Waals surface area contributed by atoms with Crippen molar-refractivity contribution in [3.8, 4) is 0 Å². The highest BCUT2D eigenvalue weighted by atomic mass is 79.9. The summed E-state index contributed by atoms with van der Waals surface area (Å²) in [5, 5.41) is 0. The van der Waals surface area contributed by atoms with Crippen LogP contribution in [0.2, 0.25) is 0 Å². The lowest BCUT2D eigenvalue weighted by Crippen LogP contribution is -2.40. The average molecular weight is 365 g/mol. The van der Waals surface area contributed by atoms with Crippen LogP contribution < -0.4 is 0 Å². The van der Waals surface area contributed by atoms with Crippen LogP contribution in [0.1, 0.15) is 30.7 Å². The van der Waals surface area contributed by atoms with Gasteiger partial charge in [-0.05, 0) is 42.9 Å². The Bertz CT molecular complexity index is 567. The molecule has 0 aromatic heterocycles. The van der Waals surface area contributed by atoms with Crippen molar-refractivity contribution in [3.05, 3.63) is 34.3 Å². The second-order valence-corrected chi connectivity index (χ2v) is 7.20. The molecule has 4 nitrogen and oxygen atoms in total. The molecule has 2 atom stereocenters. The molecular formula is C17H21BrN2O2. The highest BCUT2D eigenvalue weighted by Crippen LogP contribution is 2.48. The molecule has 118 valence electrons. The molecule has 1 aliphatic heterocycles. The Labute approximate surface area is 139 Å². The number of amides is 2. The van der Waals surface area contributed by atoms with Crippen LogP contribution in [0.4, 0.5) is 0 Å². The summed E-state index contributed by atoms with van der Waals surface area (Å²) in [6.07, 6.45) is 3.05. The van der Waals surface area contributed by atoms with Crippen LogP contribution >= 0.6 is 15.9 Å². The summed E-state index contributed by atoms with van der Waals surface area (Å²) in [4.78, 5) is 28.0. The maximum absolute atomic E-state index is 12.5. The first kappa shape index (κ1) is 15.5. The van der Waals surface area contributed by atoms with Crippen molar-refractivity contribution < 1.29 is 9.59 Å².